The van der Waals surface area contributed by atoms with Gasteiger partial charge in [0.15, 0.2) is 6.10 Å². The van der Waals surface area contributed by atoms with Crippen molar-refractivity contribution >= 4 is 19.8 Å². The Balaban J connectivity index is 4.07. The lowest BCUT2D eigenvalue weighted by atomic mass is 10.0. The van der Waals surface area contributed by atoms with E-state index in [9.17, 15) is 19.0 Å². The van der Waals surface area contributed by atoms with Gasteiger partial charge in [-0.2, -0.15) is 0 Å². The van der Waals surface area contributed by atoms with E-state index in [1.807, 2.05) is 21.1 Å². The Morgan fingerprint density at radius 2 is 0.750 bits per heavy atom. The molecule has 0 amide bonds. The molecule has 2 unspecified atom stereocenters. The summed E-state index contributed by atoms with van der Waals surface area (Å²) in [7, 11) is 1.17. The molecule has 0 aromatic carbocycles. The molecule has 9 nitrogen and oxygen atoms in total. The van der Waals surface area contributed by atoms with E-state index in [0.29, 0.717) is 17.4 Å². The van der Waals surface area contributed by atoms with E-state index < -0.39 is 26.5 Å². The molecule has 0 saturated heterocycles. The second kappa shape index (κ2) is 57.1. The number of allylic oxidation sites excluding steroid dienone is 12. The molecule has 0 spiro atoms. The van der Waals surface area contributed by atoms with Gasteiger partial charge in [0.25, 0.3) is 7.82 Å². The molecular formula is C66H120NO8P. The van der Waals surface area contributed by atoms with Gasteiger partial charge in [0.05, 0.1) is 27.7 Å². The Morgan fingerprint density at radius 1 is 0.421 bits per heavy atom. The van der Waals surface area contributed by atoms with Gasteiger partial charge >= 0.3 is 11.9 Å². The maximum Gasteiger partial charge on any atom is 0.306 e. The van der Waals surface area contributed by atoms with Gasteiger partial charge in [-0.3, -0.25) is 14.2 Å². The monoisotopic (exact) mass is 1090 g/mol. The van der Waals surface area contributed by atoms with Crippen LogP contribution in [-0.2, 0) is 32.7 Å². The first-order valence-electron chi connectivity index (χ1n) is 31.6. The zero-order valence-electron chi connectivity index (χ0n) is 50.2. The van der Waals surface area contributed by atoms with Gasteiger partial charge in [-0.25, -0.2) is 0 Å². The third-order valence-corrected chi connectivity index (χ3v) is 14.7. The predicted molar refractivity (Wildman–Crippen MR) is 323 cm³/mol. The number of rotatable bonds is 58. The molecule has 0 bridgehead atoms. The Bertz CT molecular complexity index is 1510. The third kappa shape index (κ3) is 60.7. The second-order valence-electron chi connectivity index (χ2n) is 22.4. The fraction of sp³-hybridized carbons (Fsp3) is 0.788. The van der Waals surface area contributed by atoms with Crippen LogP contribution in [0.25, 0.3) is 0 Å². The average molecular weight is 1090 g/mol. The Kier molecular flexibility index (Phi) is 55.2. The van der Waals surface area contributed by atoms with Gasteiger partial charge in [-0.15, -0.1) is 0 Å². The summed E-state index contributed by atoms with van der Waals surface area (Å²) >= 11 is 0. The second-order valence-corrected chi connectivity index (χ2v) is 23.8. The summed E-state index contributed by atoms with van der Waals surface area (Å²) in [5, 5.41) is 0. The molecule has 0 aliphatic heterocycles. The molecule has 0 radical (unpaired) electrons. The van der Waals surface area contributed by atoms with E-state index in [1.165, 1.54) is 173 Å². The summed E-state index contributed by atoms with van der Waals surface area (Å²) in [5.41, 5.74) is 0. The zero-order chi connectivity index (χ0) is 55.6. The molecule has 0 aromatic rings. The first-order chi connectivity index (χ1) is 37.0. The van der Waals surface area contributed by atoms with Crippen LogP contribution in [0, 0.1) is 0 Å². The Morgan fingerprint density at radius 3 is 1.12 bits per heavy atom. The van der Waals surface area contributed by atoms with Crippen LogP contribution in [-0.4, -0.2) is 70.0 Å². The van der Waals surface area contributed by atoms with E-state index in [0.717, 1.165) is 77.0 Å². The van der Waals surface area contributed by atoms with Crippen molar-refractivity contribution in [3.8, 4) is 0 Å². The number of hydrogen-bond donors (Lipinski definition) is 0. The van der Waals surface area contributed by atoms with Gasteiger partial charge in [0, 0.05) is 12.8 Å². The maximum atomic E-state index is 12.8. The van der Waals surface area contributed by atoms with Crippen LogP contribution in [0.1, 0.15) is 284 Å². The van der Waals surface area contributed by atoms with Crippen LogP contribution in [0.15, 0.2) is 72.9 Å². The summed E-state index contributed by atoms with van der Waals surface area (Å²) < 4.78 is 34.2. The van der Waals surface area contributed by atoms with Gasteiger partial charge in [0.1, 0.15) is 19.8 Å². The Labute approximate surface area is 469 Å². The van der Waals surface area contributed by atoms with Crippen molar-refractivity contribution in [2.24, 2.45) is 0 Å². The van der Waals surface area contributed by atoms with Gasteiger partial charge in [-0.1, -0.05) is 279 Å². The van der Waals surface area contributed by atoms with E-state index >= 15 is 0 Å². The van der Waals surface area contributed by atoms with Crippen LogP contribution >= 0.6 is 7.82 Å². The number of carbonyl (C=O) groups excluding carboxylic acids is 2. The molecule has 10 heteroatoms. The highest BCUT2D eigenvalue weighted by Gasteiger charge is 2.22. The summed E-state index contributed by atoms with van der Waals surface area (Å²) in [4.78, 5) is 37.9. The zero-order valence-corrected chi connectivity index (χ0v) is 51.1. The summed E-state index contributed by atoms with van der Waals surface area (Å²) in [5.74, 6) is -0.823. The first-order valence-corrected chi connectivity index (χ1v) is 33.1. The number of quaternary nitrogens is 1. The van der Waals surface area contributed by atoms with E-state index in [4.69, 9.17) is 18.5 Å². The summed E-state index contributed by atoms with van der Waals surface area (Å²) in [6.45, 7) is 4.16. The molecular weight excluding hydrogens is 966 g/mol. The lowest BCUT2D eigenvalue weighted by Gasteiger charge is -2.28. The molecule has 0 fully saturated rings. The highest BCUT2D eigenvalue weighted by molar-refractivity contribution is 7.45. The molecule has 76 heavy (non-hydrogen) atoms. The summed E-state index contributed by atoms with van der Waals surface area (Å²) in [6.07, 6.45) is 75.3. The first kappa shape index (κ1) is 73.5. The van der Waals surface area contributed by atoms with E-state index in [1.54, 1.807) is 0 Å². The molecule has 0 aliphatic carbocycles. The highest BCUT2D eigenvalue weighted by atomic mass is 31.2. The van der Waals surface area contributed by atoms with Gasteiger partial charge in [-0.05, 0) is 64.2 Å². The number of hydrogen-bond acceptors (Lipinski definition) is 8. The van der Waals surface area contributed by atoms with Crippen molar-refractivity contribution in [3.63, 3.8) is 0 Å². The minimum Gasteiger partial charge on any atom is -0.756 e. The number of unbranched alkanes of at least 4 members (excludes halogenated alkanes) is 32. The van der Waals surface area contributed by atoms with E-state index in [2.05, 4.69) is 86.8 Å². The molecule has 442 valence electrons. The number of ether oxygens (including phenoxy) is 2. The van der Waals surface area contributed by atoms with Crippen molar-refractivity contribution in [2.75, 3.05) is 47.5 Å². The lowest BCUT2D eigenvalue weighted by Crippen LogP contribution is -2.37. The van der Waals surface area contributed by atoms with Crippen molar-refractivity contribution in [3.05, 3.63) is 72.9 Å². The van der Waals surface area contributed by atoms with Crippen LogP contribution in [0.4, 0.5) is 0 Å². The molecule has 0 N–H and O–H groups in total. The quantitative estimate of drug-likeness (QED) is 0.0195. The van der Waals surface area contributed by atoms with Crippen LogP contribution < -0.4 is 4.89 Å². The predicted octanol–water partition coefficient (Wildman–Crippen LogP) is 19.4. The maximum absolute atomic E-state index is 12.8. The lowest BCUT2D eigenvalue weighted by molar-refractivity contribution is -0.870. The summed E-state index contributed by atoms with van der Waals surface area (Å²) in [6, 6.07) is 0. The fourth-order valence-corrected chi connectivity index (χ4v) is 9.63. The van der Waals surface area contributed by atoms with Crippen LogP contribution in [0.2, 0.25) is 0 Å². The van der Waals surface area contributed by atoms with E-state index in [-0.39, 0.29) is 32.0 Å². The topological polar surface area (TPSA) is 111 Å². The van der Waals surface area contributed by atoms with Crippen molar-refractivity contribution in [1.82, 2.24) is 0 Å². The largest absolute Gasteiger partial charge is 0.756 e. The van der Waals surface area contributed by atoms with Crippen molar-refractivity contribution in [2.45, 2.75) is 290 Å². The third-order valence-electron chi connectivity index (χ3n) is 13.7. The van der Waals surface area contributed by atoms with Gasteiger partial charge in [0.2, 0.25) is 0 Å². The smallest absolute Gasteiger partial charge is 0.306 e. The molecule has 0 heterocycles. The number of nitrogens with zero attached hydrogens (tertiary/aromatic N) is 1. The highest BCUT2D eigenvalue weighted by Crippen LogP contribution is 2.38. The fourth-order valence-electron chi connectivity index (χ4n) is 8.90. The molecule has 0 aliphatic rings. The van der Waals surface area contributed by atoms with Crippen molar-refractivity contribution in [1.29, 1.82) is 0 Å². The number of esters is 2. The van der Waals surface area contributed by atoms with Gasteiger partial charge < -0.3 is 27.9 Å². The number of phosphoric ester groups is 1. The number of phosphoric acid groups is 1. The minimum absolute atomic E-state index is 0.0309. The Hall–Kier alpha value is -2.55. The standard InChI is InChI=1S/C66H120NO8P/c1-6-8-10-12-14-16-18-20-22-24-26-27-28-29-30-31-32-33-34-35-36-37-38-39-41-43-45-47-49-51-53-55-57-59-66(69)75-64(63-74-76(70,71)73-61-60-67(3,4)5)62-72-65(68)58-56-54-52-50-48-46-44-42-40-25-23-21-19-17-15-13-11-9-7-2/h8,10,14,16,20,22,26-27,29-30,32-33,64H,6-7,9,11-13,15,17-19,21,23-25,28,31,34-63H2,1-5H3/b10-8-,16-14-,22-20-,27-26-,30-29-,33-32-. The van der Waals surface area contributed by atoms with Crippen LogP contribution in [0.5, 0.6) is 0 Å². The number of likely N-dealkylation sites (N-methyl/N-ethyl adjacent to an activating group) is 1. The SMILES string of the molecule is CC/C=C\C/C=C\C/C=C\C/C=C\C/C=C\C/C=C\CCCCCCCCCCCCCCCCC(=O)OC(COC(=O)CCCCCCCCCCCCCCCCCCCCC)COP(=O)([O-])OCC[N+](C)(C)C. The minimum atomic E-state index is -4.64. The molecule has 0 rings (SSSR count). The van der Waals surface area contributed by atoms with Crippen molar-refractivity contribution < 1.29 is 42.1 Å². The normalized spacial score (nSPS) is 13.7. The molecule has 0 aromatic heterocycles. The molecule has 2 atom stereocenters. The van der Waals surface area contributed by atoms with Crippen LogP contribution in [0.3, 0.4) is 0 Å². The average Bonchev–Trinajstić information content (AvgIpc) is 3.38. The number of carbonyl (C=O) groups is 2. The molecule has 0 saturated carbocycles.